The van der Waals surface area contributed by atoms with Crippen molar-refractivity contribution in [2.75, 3.05) is 5.43 Å². The van der Waals surface area contributed by atoms with Gasteiger partial charge < -0.3 is 4.98 Å². The van der Waals surface area contributed by atoms with Crippen molar-refractivity contribution in [1.29, 1.82) is 0 Å². The smallest absolute Gasteiger partial charge is 0.0734 e. The van der Waals surface area contributed by atoms with E-state index in [1.165, 1.54) is 10.8 Å². The molecule has 2 N–H and O–H groups in total. The number of nitrogens with zero attached hydrogens (tertiary/aromatic N) is 1. The minimum atomic E-state index is 1.06. The Labute approximate surface area is 104 Å². The summed E-state index contributed by atoms with van der Waals surface area (Å²) in [6.07, 6.45) is 5.78. The van der Waals surface area contributed by atoms with Crippen LogP contribution in [0.15, 0.2) is 47.6 Å². The fraction of sp³-hybridized carbons (Fsp3) is 0. The Bertz CT molecular complexity index is 809. The first-order valence-corrected chi connectivity index (χ1v) is 5.93. The molecule has 86 valence electrons. The molecule has 3 aromatic rings. The van der Waals surface area contributed by atoms with E-state index in [1.807, 2.05) is 12.1 Å². The Hall–Kier alpha value is -2.55. The number of rotatable bonds is 0. The number of benzene rings is 2. The van der Waals surface area contributed by atoms with Crippen molar-refractivity contribution >= 4 is 39.8 Å². The molecule has 1 aliphatic rings. The summed E-state index contributed by atoms with van der Waals surface area (Å²) in [6, 6.07) is 12.6. The summed E-state index contributed by atoms with van der Waals surface area (Å²) in [5, 5.41) is 6.60. The molecule has 4 rings (SSSR count). The summed E-state index contributed by atoms with van der Waals surface area (Å²) in [5.41, 5.74) is 7.64. The van der Waals surface area contributed by atoms with Crippen molar-refractivity contribution in [2.24, 2.45) is 5.10 Å². The molecule has 2 aromatic carbocycles. The van der Waals surface area contributed by atoms with Crippen LogP contribution in [0.3, 0.4) is 0 Å². The number of allylic oxidation sites excluding steroid dienone is 1. The van der Waals surface area contributed by atoms with Crippen LogP contribution < -0.4 is 5.43 Å². The third-order valence-corrected chi connectivity index (χ3v) is 3.32. The van der Waals surface area contributed by atoms with Crippen LogP contribution in [0.2, 0.25) is 0 Å². The fourth-order valence-corrected chi connectivity index (χ4v) is 2.51. The number of nitrogens with one attached hydrogen (secondary N) is 2. The Morgan fingerprint density at radius 3 is 2.89 bits per heavy atom. The highest BCUT2D eigenvalue weighted by molar-refractivity contribution is 6.15. The number of anilines is 1. The Morgan fingerprint density at radius 1 is 0.944 bits per heavy atom. The molecule has 0 saturated heterocycles. The average Bonchev–Trinajstić information content (AvgIpc) is 2.61. The van der Waals surface area contributed by atoms with Crippen molar-refractivity contribution in [1.82, 2.24) is 4.98 Å². The topological polar surface area (TPSA) is 40.2 Å². The fourth-order valence-electron chi connectivity index (χ4n) is 2.51. The molecule has 0 aliphatic carbocycles. The molecular weight excluding hydrogens is 222 g/mol. The predicted molar refractivity (Wildman–Crippen MR) is 77.0 cm³/mol. The minimum Gasteiger partial charge on any atom is -0.354 e. The molecular formula is C15H11N3. The van der Waals surface area contributed by atoms with Crippen molar-refractivity contribution in [3.8, 4) is 0 Å². The summed E-state index contributed by atoms with van der Waals surface area (Å²) in [7, 11) is 0. The third-order valence-electron chi connectivity index (χ3n) is 3.32. The molecule has 0 fully saturated rings. The number of aromatic amines is 1. The molecule has 0 amide bonds. The average molecular weight is 233 g/mol. The van der Waals surface area contributed by atoms with Gasteiger partial charge in [0.2, 0.25) is 0 Å². The summed E-state index contributed by atoms with van der Waals surface area (Å²) < 4.78 is 0. The lowest BCUT2D eigenvalue weighted by atomic mass is 10.1. The van der Waals surface area contributed by atoms with Crippen molar-refractivity contribution < 1.29 is 0 Å². The van der Waals surface area contributed by atoms with E-state index in [2.05, 4.69) is 51.9 Å². The Kier molecular flexibility index (Phi) is 1.83. The lowest BCUT2D eigenvalue weighted by molar-refractivity contribution is 1.37. The summed E-state index contributed by atoms with van der Waals surface area (Å²) in [6.45, 7) is 0. The lowest BCUT2D eigenvalue weighted by Crippen LogP contribution is -1.90. The van der Waals surface area contributed by atoms with Gasteiger partial charge in [-0.05, 0) is 18.2 Å². The number of hydrogen-bond donors (Lipinski definition) is 2. The SMILES string of the molecule is C1=Cc2ccc3[nH]c4ccccc4c3c2NN=C1. The molecule has 0 spiro atoms. The van der Waals surface area contributed by atoms with Gasteiger partial charge in [0.1, 0.15) is 0 Å². The van der Waals surface area contributed by atoms with Crippen molar-refractivity contribution in [2.45, 2.75) is 0 Å². The van der Waals surface area contributed by atoms with Crippen molar-refractivity contribution in [3.05, 3.63) is 48.0 Å². The van der Waals surface area contributed by atoms with Gasteiger partial charge in [-0.3, -0.25) is 5.43 Å². The first kappa shape index (κ1) is 9.48. The predicted octanol–water partition coefficient (Wildman–Crippen LogP) is 3.75. The molecule has 18 heavy (non-hydrogen) atoms. The second-order valence-corrected chi connectivity index (χ2v) is 4.37. The minimum absolute atomic E-state index is 1.06. The first-order chi connectivity index (χ1) is 8.93. The summed E-state index contributed by atoms with van der Waals surface area (Å²) in [5.74, 6) is 0. The first-order valence-electron chi connectivity index (χ1n) is 5.93. The maximum Gasteiger partial charge on any atom is 0.0734 e. The second-order valence-electron chi connectivity index (χ2n) is 4.37. The van der Waals surface area contributed by atoms with Gasteiger partial charge in [-0.25, -0.2) is 0 Å². The van der Waals surface area contributed by atoms with Crippen LogP contribution in [0.25, 0.3) is 27.9 Å². The molecule has 1 aliphatic heterocycles. The molecule has 0 unspecified atom stereocenters. The standard InChI is InChI=1S/C15H11N3/c1-2-6-12-11(5-1)14-13(17-12)8-7-10-4-3-9-16-18-15(10)14/h1-9,17-18H. The van der Waals surface area contributed by atoms with E-state index >= 15 is 0 Å². The largest absolute Gasteiger partial charge is 0.354 e. The Morgan fingerprint density at radius 2 is 1.89 bits per heavy atom. The van der Waals surface area contributed by atoms with Gasteiger partial charge in [-0.2, -0.15) is 5.10 Å². The van der Waals surface area contributed by atoms with E-state index < -0.39 is 0 Å². The van der Waals surface area contributed by atoms with Gasteiger partial charge >= 0.3 is 0 Å². The second kappa shape index (κ2) is 3.47. The van der Waals surface area contributed by atoms with Crippen LogP contribution in [-0.2, 0) is 0 Å². The number of fused-ring (bicyclic) bond motifs is 5. The number of hydrazone groups is 1. The van der Waals surface area contributed by atoms with Crippen LogP contribution in [0.5, 0.6) is 0 Å². The van der Waals surface area contributed by atoms with E-state index in [1.54, 1.807) is 6.21 Å². The van der Waals surface area contributed by atoms with Gasteiger partial charge in [0.05, 0.1) is 5.69 Å². The van der Waals surface area contributed by atoms with E-state index in [0.717, 1.165) is 22.3 Å². The lowest BCUT2D eigenvalue weighted by Gasteiger charge is -2.06. The van der Waals surface area contributed by atoms with Crippen LogP contribution in [0, 0.1) is 0 Å². The van der Waals surface area contributed by atoms with E-state index in [9.17, 15) is 0 Å². The number of para-hydroxylation sites is 1. The molecule has 0 radical (unpaired) electrons. The molecule has 3 nitrogen and oxygen atoms in total. The summed E-state index contributed by atoms with van der Waals surface area (Å²) >= 11 is 0. The van der Waals surface area contributed by atoms with Crippen LogP contribution >= 0.6 is 0 Å². The third kappa shape index (κ3) is 1.21. The highest BCUT2D eigenvalue weighted by Crippen LogP contribution is 2.35. The molecule has 0 atom stereocenters. The van der Waals surface area contributed by atoms with Crippen molar-refractivity contribution in [3.63, 3.8) is 0 Å². The zero-order chi connectivity index (χ0) is 11.9. The number of H-pyrrole nitrogens is 1. The van der Waals surface area contributed by atoms with Gasteiger partial charge in [-0.15, -0.1) is 0 Å². The normalized spacial score (nSPS) is 13.6. The van der Waals surface area contributed by atoms with Crippen LogP contribution in [-0.4, -0.2) is 11.2 Å². The van der Waals surface area contributed by atoms with Gasteiger partial charge in [0.15, 0.2) is 0 Å². The molecule has 3 heteroatoms. The monoisotopic (exact) mass is 233 g/mol. The van der Waals surface area contributed by atoms with Crippen LogP contribution in [0.4, 0.5) is 5.69 Å². The number of aromatic nitrogens is 1. The number of hydrogen-bond acceptors (Lipinski definition) is 2. The van der Waals surface area contributed by atoms with Crippen LogP contribution in [0.1, 0.15) is 5.56 Å². The maximum absolute atomic E-state index is 4.17. The molecule has 0 bridgehead atoms. The molecule has 0 saturated carbocycles. The highest BCUT2D eigenvalue weighted by Gasteiger charge is 2.11. The highest BCUT2D eigenvalue weighted by atomic mass is 15.3. The molecule has 1 aromatic heterocycles. The zero-order valence-corrected chi connectivity index (χ0v) is 9.64. The zero-order valence-electron chi connectivity index (χ0n) is 9.64. The van der Waals surface area contributed by atoms with E-state index in [4.69, 9.17) is 0 Å². The van der Waals surface area contributed by atoms with Gasteiger partial charge in [0, 0.05) is 33.6 Å². The van der Waals surface area contributed by atoms with E-state index in [0.29, 0.717) is 0 Å². The quantitative estimate of drug-likeness (QED) is 0.610. The summed E-state index contributed by atoms with van der Waals surface area (Å²) in [4.78, 5) is 3.43. The maximum atomic E-state index is 4.17. The Balaban J connectivity index is 2.21. The van der Waals surface area contributed by atoms with E-state index in [-0.39, 0.29) is 0 Å². The molecule has 2 heterocycles. The van der Waals surface area contributed by atoms with Gasteiger partial charge in [0.25, 0.3) is 0 Å². The van der Waals surface area contributed by atoms with Gasteiger partial charge in [-0.1, -0.05) is 30.3 Å².